The van der Waals surface area contributed by atoms with Crippen LogP contribution in [0.25, 0.3) is 0 Å². The van der Waals surface area contributed by atoms with Crippen LogP contribution < -0.4 is 10.9 Å². The van der Waals surface area contributed by atoms with E-state index in [0.717, 1.165) is 18.4 Å². The summed E-state index contributed by atoms with van der Waals surface area (Å²) in [6.07, 6.45) is 3.87. The predicted molar refractivity (Wildman–Crippen MR) is 81.1 cm³/mol. The first-order chi connectivity index (χ1) is 10.1. The number of rotatable bonds is 4. The van der Waals surface area contributed by atoms with Gasteiger partial charge in [-0.15, -0.1) is 0 Å². The van der Waals surface area contributed by atoms with Gasteiger partial charge in [-0.25, -0.2) is 0 Å². The number of pyridine rings is 1. The summed E-state index contributed by atoms with van der Waals surface area (Å²) in [6, 6.07) is 13.1. The number of nitrogens with zero attached hydrogens (tertiary/aromatic N) is 1. The topological polar surface area (TPSA) is 51.1 Å². The monoisotopic (exact) mass is 282 g/mol. The molecular weight excluding hydrogens is 264 g/mol. The Labute approximate surface area is 123 Å². The Morgan fingerprint density at radius 2 is 1.90 bits per heavy atom. The smallest absolute Gasteiger partial charge is 0.253 e. The quantitative estimate of drug-likeness (QED) is 0.935. The van der Waals surface area contributed by atoms with Gasteiger partial charge < -0.3 is 9.88 Å². The van der Waals surface area contributed by atoms with Crippen molar-refractivity contribution in [3.05, 3.63) is 70.1 Å². The molecule has 3 rings (SSSR count). The highest BCUT2D eigenvalue weighted by Crippen LogP contribution is 2.41. The molecule has 1 unspecified atom stereocenters. The molecule has 1 aromatic heterocycles. The second kappa shape index (κ2) is 5.56. The molecule has 1 aromatic carbocycles. The molecule has 4 heteroatoms. The van der Waals surface area contributed by atoms with Crippen LogP contribution >= 0.6 is 0 Å². The van der Waals surface area contributed by atoms with Crippen LogP contribution in [0, 0.1) is 5.92 Å². The molecule has 0 aliphatic heterocycles. The average molecular weight is 282 g/mol. The van der Waals surface area contributed by atoms with Gasteiger partial charge >= 0.3 is 0 Å². The maximum atomic E-state index is 12.4. The van der Waals surface area contributed by atoms with Crippen molar-refractivity contribution in [2.75, 3.05) is 0 Å². The van der Waals surface area contributed by atoms with E-state index in [1.54, 1.807) is 19.3 Å². The molecule has 1 aliphatic carbocycles. The molecule has 1 saturated carbocycles. The molecule has 0 saturated heterocycles. The minimum atomic E-state index is -0.133. The van der Waals surface area contributed by atoms with E-state index in [4.69, 9.17) is 0 Å². The lowest BCUT2D eigenvalue weighted by atomic mass is 10.0. The van der Waals surface area contributed by atoms with Crippen LogP contribution in [0.2, 0.25) is 0 Å². The fourth-order valence-electron chi connectivity index (χ4n) is 2.52. The van der Waals surface area contributed by atoms with Crippen molar-refractivity contribution in [3.63, 3.8) is 0 Å². The van der Waals surface area contributed by atoms with Crippen LogP contribution in [0.5, 0.6) is 0 Å². The van der Waals surface area contributed by atoms with Crippen molar-refractivity contribution in [3.8, 4) is 0 Å². The lowest BCUT2D eigenvalue weighted by molar-refractivity contribution is 0.0931. The lowest BCUT2D eigenvalue weighted by Gasteiger charge is -2.19. The van der Waals surface area contributed by atoms with E-state index in [9.17, 15) is 9.59 Å². The summed E-state index contributed by atoms with van der Waals surface area (Å²) in [7, 11) is 1.65. The Bertz CT molecular complexity index is 702. The van der Waals surface area contributed by atoms with E-state index >= 15 is 0 Å². The second-order valence-electron chi connectivity index (χ2n) is 5.57. The molecule has 0 bridgehead atoms. The number of aromatic nitrogens is 1. The highest BCUT2D eigenvalue weighted by molar-refractivity contribution is 5.94. The van der Waals surface area contributed by atoms with Crippen LogP contribution in [0.3, 0.4) is 0 Å². The second-order valence-corrected chi connectivity index (χ2v) is 5.57. The SMILES string of the molecule is Cn1cc(C(=O)NC(c2ccccc2)C2CC2)ccc1=O. The first-order valence-electron chi connectivity index (χ1n) is 7.17. The van der Waals surface area contributed by atoms with Crippen LogP contribution in [-0.4, -0.2) is 10.5 Å². The minimum absolute atomic E-state index is 0.0518. The minimum Gasteiger partial charge on any atom is -0.345 e. The summed E-state index contributed by atoms with van der Waals surface area (Å²) in [5.41, 5.74) is 1.53. The molecule has 2 aromatic rings. The molecule has 1 N–H and O–H groups in total. The van der Waals surface area contributed by atoms with Crippen molar-refractivity contribution in [1.82, 2.24) is 9.88 Å². The Balaban J connectivity index is 1.81. The Morgan fingerprint density at radius 1 is 1.19 bits per heavy atom. The summed E-state index contributed by atoms with van der Waals surface area (Å²) in [4.78, 5) is 23.8. The van der Waals surface area contributed by atoms with Gasteiger partial charge in [0.05, 0.1) is 11.6 Å². The average Bonchev–Trinajstić information content (AvgIpc) is 3.33. The maximum Gasteiger partial charge on any atom is 0.253 e. The number of benzene rings is 1. The van der Waals surface area contributed by atoms with E-state index in [1.807, 2.05) is 30.3 Å². The van der Waals surface area contributed by atoms with Crippen LogP contribution in [0.4, 0.5) is 0 Å². The van der Waals surface area contributed by atoms with Crippen molar-refractivity contribution >= 4 is 5.91 Å². The molecule has 0 radical (unpaired) electrons. The van der Waals surface area contributed by atoms with Gasteiger partial charge in [0.2, 0.25) is 5.56 Å². The molecule has 1 heterocycles. The van der Waals surface area contributed by atoms with Gasteiger partial charge in [0.25, 0.3) is 5.91 Å². The largest absolute Gasteiger partial charge is 0.345 e. The first-order valence-corrected chi connectivity index (χ1v) is 7.17. The normalized spacial score (nSPS) is 15.5. The van der Waals surface area contributed by atoms with Gasteiger partial charge in [-0.05, 0) is 30.4 Å². The van der Waals surface area contributed by atoms with E-state index in [0.29, 0.717) is 11.5 Å². The molecule has 108 valence electrons. The lowest BCUT2D eigenvalue weighted by Crippen LogP contribution is -2.31. The molecular formula is C17H18N2O2. The molecule has 1 atom stereocenters. The Kier molecular flexibility index (Phi) is 3.60. The molecule has 0 spiro atoms. The number of carbonyl (C=O) groups excluding carboxylic acids is 1. The van der Waals surface area contributed by atoms with Crippen LogP contribution in [0.1, 0.15) is 34.8 Å². The highest BCUT2D eigenvalue weighted by atomic mass is 16.2. The van der Waals surface area contributed by atoms with Gasteiger partial charge in [0, 0.05) is 19.3 Å². The van der Waals surface area contributed by atoms with Crippen molar-refractivity contribution in [2.24, 2.45) is 13.0 Å². The van der Waals surface area contributed by atoms with Crippen LogP contribution in [0.15, 0.2) is 53.5 Å². The van der Waals surface area contributed by atoms with Gasteiger partial charge in [-0.3, -0.25) is 9.59 Å². The summed E-state index contributed by atoms with van der Waals surface area (Å²) in [5, 5.41) is 3.10. The zero-order valence-corrected chi connectivity index (χ0v) is 12.0. The van der Waals surface area contributed by atoms with Crippen molar-refractivity contribution < 1.29 is 4.79 Å². The first kappa shape index (κ1) is 13.6. The van der Waals surface area contributed by atoms with Crippen molar-refractivity contribution in [2.45, 2.75) is 18.9 Å². The highest BCUT2D eigenvalue weighted by Gasteiger charge is 2.33. The van der Waals surface area contributed by atoms with Gasteiger partial charge in [-0.2, -0.15) is 0 Å². The fourth-order valence-corrected chi connectivity index (χ4v) is 2.52. The number of aryl methyl sites for hydroxylation is 1. The standard InChI is InChI=1S/C17H18N2O2/c1-19-11-14(9-10-15(19)20)17(21)18-16(13-7-8-13)12-5-3-2-4-6-12/h2-6,9-11,13,16H,7-8H2,1H3,(H,18,21). The van der Waals surface area contributed by atoms with Gasteiger partial charge in [0.1, 0.15) is 0 Å². The maximum absolute atomic E-state index is 12.4. The zero-order chi connectivity index (χ0) is 14.8. The van der Waals surface area contributed by atoms with Gasteiger partial charge in [0.15, 0.2) is 0 Å². The summed E-state index contributed by atoms with van der Waals surface area (Å²) in [6.45, 7) is 0. The van der Waals surface area contributed by atoms with E-state index in [1.165, 1.54) is 10.6 Å². The zero-order valence-electron chi connectivity index (χ0n) is 12.0. The molecule has 1 fully saturated rings. The Hall–Kier alpha value is -2.36. The number of nitrogens with one attached hydrogen (secondary N) is 1. The van der Waals surface area contributed by atoms with Crippen molar-refractivity contribution in [1.29, 1.82) is 0 Å². The van der Waals surface area contributed by atoms with Gasteiger partial charge in [-0.1, -0.05) is 30.3 Å². The van der Waals surface area contributed by atoms with E-state index in [-0.39, 0.29) is 17.5 Å². The Morgan fingerprint density at radius 3 is 2.52 bits per heavy atom. The van der Waals surface area contributed by atoms with E-state index in [2.05, 4.69) is 5.32 Å². The predicted octanol–water partition coefficient (Wildman–Crippen LogP) is 2.27. The number of amides is 1. The molecule has 1 amide bonds. The number of hydrogen-bond acceptors (Lipinski definition) is 2. The van der Waals surface area contributed by atoms with E-state index < -0.39 is 0 Å². The van der Waals surface area contributed by atoms with Crippen LogP contribution in [-0.2, 0) is 7.05 Å². The fraction of sp³-hybridized carbons (Fsp3) is 0.294. The molecule has 1 aliphatic rings. The third-order valence-corrected chi connectivity index (χ3v) is 3.89. The summed E-state index contributed by atoms with van der Waals surface area (Å²) < 4.78 is 1.42. The third-order valence-electron chi connectivity index (χ3n) is 3.89. The number of hydrogen-bond donors (Lipinski definition) is 1. The summed E-state index contributed by atoms with van der Waals surface area (Å²) >= 11 is 0. The molecule has 21 heavy (non-hydrogen) atoms. The number of carbonyl (C=O) groups is 1. The third kappa shape index (κ3) is 3.05. The molecule has 4 nitrogen and oxygen atoms in total. The summed E-state index contributed by atoms with van der Waals surface area (Å²) in [5.74, 6) is 0.384.